The molecule has 5 nitrogen and oxygen atoms in total. The first kappa shape index (κ1) is 10.4. The van der Waals surface area contributed by atoms with Gasteiger partial charge in [-0.15, -0.1) is 0 Å². The summed E-state index contributed by atoms with van der Waals surface area (Å²) in [4.78, 5) is 4.34. The van der Waals surface area contributed by atoms with E-state index in [9.17, 15) is 0 Å². The molecule has 1 unspecified atom stereocenters. The predicted molar refractivity (Wildman–Crippen MR) is 65.8 cm³/mol. The van der Waals surface area contributed by atoms with Crippen LogP contribution in [0.4, 0.5) is 11.7 Å². The van der Waals surface area contributed by atoms with Crippen LogP contribution >= 0.6 is 0 Å². The number of ether oxygens (including phenoxy) is 1. The third-order valence-electron chi connectivity index (χ3n) is 2.98. The molecule has 3 rings (SSSR count). The molecule has 2 aromatic rings. The lowest BCUT2D eigenvalue weighted by atomic mass is 10.1. The number of aromatic nitrogens is 1. The summed E-state index contributed by atoms with van der Waals surface area (Å²) in [7, 11) is 0. The number of benzene rings is 1. The third kappa shape index (κ3) is 2.19. The molecule has 0 bridgehead atoms. The van der Waals surface area contributed by atoms with Crippen LogP contribution in [-0.2, 0) is 4.74 Å². The van der Waals surface area contributed by atoms with Crippen molar-refractivity contribution in [2.75, 3.05) is 30.8 Å². The molecule has 5 heteroatoms. The van der Waals surface area contributed by atoms with Gasteiger partial charge in [0.25, 0.3) is 6.01 Å². The Labute approximate surface area is 98.9 Å². The molecular formula is C12H15N3O2. The van der Waals surface area contributed by atoms with Gasteiger partial charge in [0.2, 0.25) is 0 Å². The molecule has 0 saturated carbocycles. The van der Waals surface area contributed by atoms with E-state index in [4.69, 9.17) is 14.9 Å². The summed E-state index contributed by atoms with van der Waals surface area (Å²) in [6.07, 6.45) is 1.10. The summed E-state index contributed by atoms with van der Waals surface area (Å²) >= 11 is 0. The highest BCUT2D eigenvalue weighted by atomic mass is 16.5. The molecule has 1 saturated heterocycles. The van der Waals surface area contributed by atoms with E-state index >= 15 is 0 Å². The fourth-order valence-electron chi connectivity index (χ4n) is 2.00. The van der Waals surface area contributed by atoms with Crippen LogP contribution in [-0.4, -0.2) is 24.7 Å². The number of nitrogen functional groups attached to an aromatic ring is 1. The lowest BCUT2D eigenvalue weighted by Gasteiger charge is -2.06. The van der Waals surface area contributed by atoms with E-state index in [1.165, 1.54) is 0 Å². The molecule has 0 spiro atoms. The highest BCUT2D eigenvalue weighted by molar-refractivity contribution is 5.78. The van der Waals surface area contributed by atoms with Crippen LogP contribution < -0.4 is 11.1 Å². The SMILES string of the molecule is Nc1ccc2oc(NCC3CCOC3)nc2c1. The molecule has 1 atom stereocenters. The molecule has 90 valence electrons. The largest absolute Gasteiger partial charge is 0.424 e. The second-order valence-corrected chi connectivity index (χ2v) is 4.36. The molecule has 17 heavy (non-hydrogen) atoms. The van der Waals surface area contributed by atoms with Crippen LogP contribution in [0.5, 0.6) is 0 Å². The molecule has 0 radical (unpaired) electrons. The van der Waals surface area contributed by atoms with Gasteiger partial charge in [0.15, 0.2) is 5.58 Å². The number of anilines is 2. The first-order valence-electron chi connectivity index (χ1n) is 5.79. The monoisotopic (exact) mass is 233 g/mol. The Bertz CT molecular complexity index is 517. The molecule has 2 heterocycles. The maximum Gasteiger partial charge on any atom is 0.295 e. The third-order valence-corrected chi connectivity index (χ3v) is 2.98. The first-order chi connectivity index (χ1) is 8.31. The number of nitrogens with two attached hydrogens (primary N) is 1. The Morgan fingerprint density at radius 3 is 3.24 bits per heavy atom. The van der Waals surface area contributed by atoms with Crippen molar-refractivity contribution in [2.45, 2.75) is 6.42 Å². The van der Waals surface area contributed by atoms with Crippen molar-refractivity contribution in [3.05, 3.63) is 18.2 Å². The second-order valence-electron chi connectivity index (χ2n) is 4.36. The molecular weight excluding hydrogens is 218 g/mol. The minimum atomic E-state index is 0.551. The second kappa shape index (κ2) is 4.25. The Hall–Kier alpha value is -1.75. The van der Waals surface area contributed by atoms with Gasteiger partial charge < -0.3 is 20.2 Å². The Kier molecular flexibility index (Phi) is 2.60. The molecule has 1 fully saturated rings. The summed E-state index contributed by atoms with van der Waals surface area (Å²) in [5.41, 5.74) is 7.93. The van der Waals surface area contributed by atoms with Gasteiger partial charge in [-0.05, 0) is 24.6 Å². The lowest BCUT2D eigenvalue weighted by Crippen LogP contribution is -2.14. The van der Waals surface area contributed by atoms with E-state index in [2.05, 4.69) is 10.3 Å². The fraction of sp³-hybridized carbons (Fsp3) is 0.417. The molecule has 1 aromatic carbocycles. The van der Waals surface area contributed by atoms with Crippen molar-refractivity contribution in [2.24, 2.45) is 5.92 Å². The normalized spacial score (nSPS) is 19.9. The smallest absolute Gasteiger partial charge is 0.295 e. The predicted octanol–water partition coefficient (Wildman–Crippen LogP) is 1.86. The minimum Gasteiger partial charge on any atom is -0.424 e. The van der Waals surface area contributed by atoms with Gasteiger partial charge in [-0.3, -0.25) is 0 Å². The van der Waals surface area contributed by atoms with Crippen LogP contribution in [0.1, 0.15) is 6.42 Å². The number of rotatable bonds is 3. The van der Waals surface area contributed by atoms with Gasteiger partial charge in [-0.2, -0.15) is 4.98 Å². The molecule has 1 aliphatic heterocycles. The average Bonchev–Trinajstić information content (AvgIpc) is 2.94. The number of nitrogens with zero attached hydrogens (tertiary/aromatic N) is 1. The van der Waals surface area contributed by atoms with E-state index in [-0.39, 0.29) is 0 Å². The van der Waals surface area contributed by atoms with Crippen molar-refractivity contribution >= 4 is 22.8 Å². The standard InChI is InChI=1S/C12H15N3O2/c13-9-1-2-11-10(5-9)15-12(17-11)14-6-8-3-4-16-7-8/h1-2,5,8H,3-4,6-7,13H2,(H,14,15). The molecule has 0 amide bonds. The van der Waals surface area contributed by atoms with Gasteiger partial charge >= 0.3 is 0 Å². The Balaban J connectivity index is 1.72. The molecule has 3 N–H and O–H groups in total. The summed E-state index contributed by atoms with van der Waals surface area (Å²) in [6.45, 7) is 2.51. The minimum absolute atomic E-state index is 0.551. The highest BCUT2D eigenvalue weighted by Crippen LogP contribution is 2.21. The maximum absolute atomic E-state index is 5.69. The van der Waals surface area contributed by atoms with Crippen LogP contribution in [0.25, 0.3) is 11.1 Å². The number of oxazole rings is 1. The highest BCUT2D eigenvalue weighted by Gasteiger charge is 2.16. The van der Waals surface area contributed by atoms with Gasteiger partial charge in [0.1, 0.15) is 5.52 Å². The van der Waals surface area contributed by atoms with Crippen LogP contribution in [0.15, 0.2) is 22.6 Å². The van der Waals surface area contributed by atoms with E-state index in [1.54, 1.807) is 0 Å². The summed E-state index contributed by atoms with van der Waals surface area (Å²) in [6, 6.07) is 6.00. The Morgan fingerprint density at radius 1 is 1.47 bits per heavy atom. The molecule has 1 aliphatic rings. The quantitative estimate of drug-likeness (QED) is 0.791. The van der Waals surface area contributed by atoms with E-state index in [0.29, 0.717) is 17.6 Å². The zero-order valence-corrected chi connectivity index (χ0v) is 9.48. The van der Waals surface area contributed by atoms with Crippen molar-refractivity contribution < 1.29 is 9.15 Å². The van der Waals surface area contributed by atoms with E-state index in [0.717, 1.165) is 37.3 Å². The number of hydrogen-bond acceptors (Lipinski definition) is 5. The summed E-state index contributed by atoms with van der Waals surface area (Å²) in [5, 5.41) is 3.20. The number of fused-ring (bicyclic) bond motifs is 1. The lowest BCUT2D eigenvalue weighted by molar-refractivity contribution is 0.187. The Morgan fingerprint density at radius 2 is 2.41 bits per heavy atom. The average molecular weight is 233 g/mol. The van der Waals surface area contributed by atoms with Crippen LogP contribution in [0.3, 0.4) is 0 Å². The van der Waals surface area contributed by atoms with E-state index < -0.39 is 0 Å². The first-order valence-corrected chi connectivity index (χ1v) is 5.79. The zero-order chi connectivity index (χ0) is 11.7. The van der Waals surface area contributed by atoms with Gasteiger partial charge in [-0.1, -0.05) is 0 Å². The topological polar surface area (TPSA) is 73.3 Å². The van der Waals surface area contributed by atoms with Crippen molar-refractivity contribution in [1.29, 1.82) is 0 Å². The van der Waals surface area contributed by atoms with Crippen LogP contribution in [0, 0.1) is 5.92 Å². The van der Waals surface area contributed by atoms with Gasteiger partial charge in [0.05, 0.1) is 6.61 Å². The fourth-order valence-corrected chi connectivity index (χ4v) is 2.00. The zero-order valence-electron chi connectivity index (χ0n) is 9.48. The van der Waals surface area contributed by atoms with Gasteiger partial charge in [0, 0.05) is 24.8 Å². The summed E-state index contributed by atoms with van der Waals surface area (Å²) in [5.74, 6) is 0.551. The van der Waals surface area contributed by atoms with Crippen molar-refractivity contribution in [3.8, 4) is 0 Å². The summed E-state index contributed by atoms with van der Waals surface area (Å²) < 4.78 is 10.9. The molecule has 1 aromatic heterocycles. The number of hydrogen-bond donors (Lipinski definition) is 2. The van der Waals surface area contributed by atoms with Crippen molar-refractivity contribution in [1.82, 2.24) is 4.98 Å². The van der Waals surface area contributed by atoms with Crippen LogP contribution in [0.2, 0.25) is 0 Å². The van der Waals surface area contributed by atoms with Gasteiger partial charge in [-0.25, -0.2) is 0 Å². The van der Waals surface area contributed by atoms with Crippen molar-refractivity contribution in [3.63, 3.8) is 0 Å². The maximum atomic E-state index is 5.69. The van der Waals surface area contributed by atoms with E-state index in [1.807, 2.05) is 18.2 Å². The molecule has 0 aliphatic carbocycles. The number of nitrogens with one attached hydrogen (secondary N) is 1.